The van der Waals surface area contributed by atoms with E-state index >= 15 is 0 Å². The fourth-order valence-electron chi connectivity index (χ4n) is 3.49. The number of carbonyl (C=O) groups excluding carboxylic acids is 1. The SMILES string of the molecule is O=C(CN1CCC[C@H]1c1ccc(F)cc1)N1CCCCC1. The van der Waals surface area contributed by atoms with Crippen molar-refractivity contribution < 1.29 is 9.18 Å². The summed E-state index contributed by atoms with van der Waals surface area (Å²) < 4.78 is 13.0. The van der Waals surface area contributed by atoms with Crippen molar-refractivity contribution in [2.24, 2.45) is 0 Å². The highest BCUT2D eigenvalue weighted by Gasteiger charge is 2.29. The number of piperidine rings is 1. The topological polar surface area (TPSA) is 23.6 Å². The fourth-order valence-corrected chi connectivity index (χ4v) is 3.49. The summed E-state index contributed by atoms with van der Waals surface area (Å²) in [6, 6.07) is 6.99. The molecule has 21 heavy (non-hydrogen) atoms. The van der Waals surface area contributed by atoms with Gasteiger partial charge in [-0.3, -0.25) is 9.69 Å². The standard InChI is InChI=1S/C17H23FN2O/c18-15-8-6-14(7-9-15)16-5-4-12-20(16)13-17(21)19-10-2-1-3-11-19/h6-9,16H,1-5,10-13H2/t16-/m0/s1. The van der Waals surface area contributed by atoms with Crippen LogP contribution < -0.4 is 0 Å². The van der Waals surface area contributed by atoms with Crippen molar-refractivity contribution in [1.82, 2.24) is 9.80 Å². The average Bonchev–Trinajstić information content (AvgIpc) is 2.97. The van der Waals surface area contributed by atoms with E-state index in [0.717, 1.165) is 50.9 Å². The van der Waals surface area contributed by atoms with Gasteiger partial charge in [0.05, 0.1) is 6.54 Å². The second-order valence-electron chi connectivity index (χ2n) is 6.12. The quantitative estimate of drug-likeness (QED) is 0.854. The summed E-state index contributed by atoms with van der Waals surface area (Å²) in [5.74, 6) is 0.0522. The Morgan fingerprint density at radius 3 is 2.48 bits per heavy atom. The molecule has 0 N–H and O–H groups in total. The second kappa shape index (κ2) is 6.56. The first-order chi connectivity index (χ1) is 10.2. The minimum atomic E-state index is -0.201. The molecule has 1 aromatic carbocycles. The van der Waals surface area contributed by atoms with Crippen LogP contribution in [0.15, 0.2) is 24.3 Å². The molecule has 4 heteroatoms. The summed E-state index contributed by atoms with van der Waals surface area (Å²) in [4.78, 5) is 16.7. The Bertz CT molecular complexity index is 482. The van der Waals surface area contributed by atoms with E-state index in [0.29, 0.717) is 6.54 Å². The number of likely N-dealkylation sites (tertiary alicyclic amines) is 2. The zero-order valence-corrected chi connectivity index (χ0v) is 12.4. The Morgan fingerprint density at radius 2 is 1.76 bits per heavy atom. The van der Waals surface area contributed by atoms with Crippen molar-refractivity contribution in [3.8, 4) is 0 Å². The van der Waals surface area contributed by atoms with Gasteiger partial charge in [0.1, 0.15) is 5.82 Å². The molecule has 0 radical (unpaired) electrons. The Balaban J connectivity index is 1.63. The maximum atomic E-state index is 13.0. The van der Waals surface area contributed by atoms with Gasteiger partial charge < -0.3 is 4.90 Å². The molecule has 1 atom stereocenters. The highest BCUT2D eigenvalue weighted by Crippen LogP contribution is 2.31. The summed E-state index contributed by atoms with van der Waals surface area (Å²) in [7, 11) is 0. The number of amides is 1. The summed E-state index contributed by atoms with van der Waals surface area (Å²) in [6.07, 6.45) is 5.67. The van der Waals surface area contributed by atoms with Crippen LogP contribution in [-0.4, -0.2) is 41.9 Å². The number of hydrogen-bond donors (Lipinski definition) is 0. The zero-order valence-electron chi connectivity index (χ0n) is 12.4. The molecule has 0 aromatic heterocycles. The minimum Gasteiger partial charge on any atom is -0.342 e. The van der Waals surface area contributed by atoms with E-state index in [1.807, 2.05) is 17.0 Å². The lowest BCUT2D eigenvalue weighted by molar-refractivity contribution is -0.133. The van der Waals surface area contributed by atoms with Crippen molar-refractivity contribution in [2.45, 2.75) is 38.1 Å². The van der Waals surface area contributed by atoms with Crippen molar-refractivity contribution in [1.29, 1.82) is 0 Å². The maximum absolute atomic E-state index is 13.0. The van der Waals surface area contributed by atoms with Gasteiger partial charge in [-0.15, -0.1) is 0 Å². The first-order valence-electron chi connectivity index (χ1n) is 8.01. The second-order valence-corrected chi connectivity index (χ2v) is 6.12. The number of carbonyl (C=O) groups is 1. The molecule has 2 heterocycles. The third-order valence-electron chi connectivity index (χ3n) is 4.67. The number of halogens is 1. The van der Waals surface area contributed by atoms with Crippen molar-refractivity contribution in [2.75, 3.05) is 26.2 Å². The first-order valence-corrected chi connectivity index (χ1v) is 8.01. The number of rotatable bonds is 3. The number of nitrogens with zero attached hydrogens (tertiary/aromatic N) is 2. The smallest absolute Gasteiger partial charge is 0.236 e. The van der Waals surface area contributed by atoms with Crippen molar-refractivity contribution in [3.63, 3.8) is 0 Å². The minimum absolute atomic E-state index is 0.201. The van der Waals surface area contributed by atoms with Gasteiger partial charge in [0, 0.05) is 19.1 Å². The van der Waals surface area contributed by atoms with Crippen LogP contribution in [0.1, 0.15) is 43.7 Å². The van der Waals surface area contributed by atoms with E-state index in [2.05, 4.69) is 4.90 Å². The predicted octanol–water partition coefficient (Wildman–Crippen LogP) is 2.98. The average molecular weight is 290 g/mol. The van der Waals surface area contributed by atoms with Gasteiger partial charge in [-0.2, -0.15) is 0 Å². The van der Waals surface area contributed by atoms with Crippen molar-refractivity contribution >= 4 is 5.91 Å². The Labute approximate surface area is 125 Å². The molecular weight excluding hydrogens is 267 g/mol. The van der Waals surface area contributed by atoms with Gasteiger partial charge in [0.15, 0.2) is 0 Å². The molecule has 3 rings (SSSR count). The zero-order chi connectivity index (χ0) is 14.7. The van der Waals surface area contributed by atoms with Crippen LogP contribution in [-0.2, 0) is 4.79 Å². The van der Waals surface area contributed by atoms with E-state index in [9.17, 15) is 9.18 Å². The number of benzene rings is 1. The fraction of sp³-hybridized carbons (Fsp3) is 0.588. The number of hydrogen-bond acceptors (Lipinski definition) is 2. The maximum Gasteiger partial charge on any atom is 0.236 e. The van der Waals surface area contributed by atoms with Crippen LogP contribution in [0.25, 0.3) is 0 Å². The van der Waals surface area contributed by atoms with Crippen LogP contribution in [0.4, 0.5) is 4.39 Å². The Hall–Kier alpha value is -1.42. The monoisotopic (exact) mass is 290 g/mol. The molecule has 0 spiro atoms. The summed E-state index contributed by atoms with van der Waals surface area (Å²) in [5, 5.41) is 0. The molecule has 2 fully saturated rings. The van der Waals surface area contributed by atoms with Gasteiger partial charge in [-0.05, 0) is 56.3 Å². The van der Waals surface area contributed by atoms with E-state index in [4.69, 9.17) is 0 Å². The molecule has 2 aliphatic heterocycles. The Kier molecular flexibility index (Phi) is 4.54. The van der Waals surface area contributed by atoms with Crippen LogP contribution >= 0.6 is 0 Å². The van der Waals surface area contributed by atoms with Crippen LogP contribution in [0.3, 0.4) is 0 Å². The lowest BCUT2D eigenvalue weighted by atomic mass is 10.0. The molecule has 0 bridgehead atoms. The van der Waals surface area contributed by atoms with Crippen LogP contribution in [0.2, 0.25) is 0 Å². The molecule has 0 saturated carbocycles. The lowest BCUT2D eigenvalue weighted by Crippen LogP contribution is -2.42. The highest BCUT2D eigenvalue weighted by atomic mass is 19.1. The van der Waals surface area contributed by atoms with E-state index in [1.54, 1.807) is 0 Å². The van der Waals surface area contributed by atoms with E-state index < -0.39 is 0 Å². The molecule has 1 aromatic rings. The molecule has 1 amide bonds. The molecule has 2 aliphatic rings. The molecule has 3 nitrogen and oxygen atoms in total. The van der Waals surface area contributed by atoms with Gasteiger partial charge in [-0.1, -0.05) is 12.1 Å². The molecule has 2 saturated heterocycles. The third kappa shape index (κ3) is 3.43. The van der Waals surface area contributed by atoms with Gasteiger partial charge >= 0.3 is 0 Å². The largest absolute Gasteiger partial charge is 0.342 e. The normalized spacial score (nSPS) is 23.5. The van der Waals surface area contributed by atoms with Crippen molar-refractivity contribution in [3.05, 3.63) is 35.6 Å². The van der Waals surface area contributed by atoms with Crippen LogP contribution in [0, 0.1) is 5.82 Å². The van der Waals surface area contributed by atoms with Gasteiger partial charge in [-0.25, -0.2) is 4.39 Å². The summed E-state index contributed by atoms with van der Waals surface area (Å²) in [5.41, 5.74) is 1.13. The molecule has 0 aliphatic carbocycles. The van der Waals surface area contributed by atoms with Gasteiger partial charge in [0.25, 0.3) is 0 Å². The van der Waals surface area contributed by atoms with Crippen LogP contribution in [0.5, 0.6) is 0 Å². The predicted molar refractivity (Wildman–Crippen MR) is 80.4 cm³/mol. The third-order valence-corrected chi connectivity index (χ3v) is 4.67. The Morgan fingerprint density at radius 1 is 1.05 bits per heavy atom. The van der Waals surface area contributed by atoms with E-state index in [1.165, 1.54) is 18.6 Å². The highest BCUT2D eigenvalue weighted by molar-refractivity contribution is 5.78. The van der Waals surface area contributed by atoms with E-state index in [-0.39, 0.29) is 17.8 Å². The summed E-state index contributed by atoms with van der Waals surface area (Å²) in [6.45, 7) is 3.28. The molecule has 114 valence electrons. The molecular formula is C17H23FN2O. The lowest BCUT2D eigenvalue weighted by Gasteiger charge is -2.30. The summed E-state index contributed by atoms with van der Waals surface area (Å²) >= 11 is 0. The molecule has 0 unspecified atom stereocenters. The first kappa shape index (κ1) is 14.5. The van der Waals surface area contributed by atoms with Gasteiger partial charge in [0.2, 0.25) is 5.91 Å².